The minimum atomic E-state index is -0.242. The molecule has 1 N–H and O–H groups in total. The number of ether oxygens (including phenoxy) is 1. The van der Waals surface area contributed by atoms with Crippen LogP contribution in [-0.2, 0) is 9.53 Å². The summed E-state index contributed by atoms with van der Waals surface area (Å²) in [4.78, 5) is 16.9. The fourth-order valence-electron chi connectivity index (χ4n) is 4.10. The Kier molecular flexibility index (Phi) is 9.19. The third kappa shape index (κ3) is 5.21. The van der Waals surface area contributed by atoms with Gasteiger partial charge < -0.3 is 14.7 Å². The lowest BCUT2D eigenvalue weighted by Crippen LogP contribution is -2.47. The number of halogens is 2. The number of esters is 1. The summed E-state index contributed by atoms with van der Waals surface area (Å²) < 4.78 is 5.65. The van der Waals surface area contributed by atoms with Gasteiger partial charge in [0.15, 0.2) is 0 Å². The lowest BCUT2D eigenvalue weighted by molar-refractivity contribution is -0.149. The van der Waals surface area contributed by atoms with E-state index < -0.39 is 0 Å². The van der Waals surface area contributed by atoms with Crippen molar-refractivity contribution in [3.63, 3.8) is 0 Å². The molecule has 0 aromatic heterocycles. The Bertz CT molecular complexity index is 603. The van der Waals surface area contributed by atoms with Crippen molar-refractivity contribution in [2.75, 3.05) is 37.6 Å². The molecule has 5 nitrogen and oxygen atoms in total. The lowest BCUT2D eigenvalue weighted by Gasteiger charge is -2.36. The maximum Gasteiger partial charge on any atom is 0.312 e. The minimum Gasteiger partial charge on any atom is -0.506 e. The van der Waals surface area contributed by atoms with Crippen molar-refractivity contribution in [2.45, 2.75) is 45.6 Å². The molecule has 0 bridgehead atoms. The number of piperazine rings is 1. The third-order valence-corrected chi connectivity index (χ3v) is 6.04. The number of benzene rings is 1. The molecule has 2 saturated heterocycles. The minimum absolute atomic E-state index is 0. The molecule has 7 heteroatoms. The van der Waals surface area contributed by atoms with Crippen molar-refractivity contribution in [3.05, 3.63) is 24.3 Å². The summed E-state index contributed by atoms with van der Waals surface area (Å²) in [5.74, 6) is 0.358. The average Bonchev–Trinajstić information content (AvgIpc) is 2.97. The number of cyclic esters (lactones) is 1. The van der Waals surface area contributed by atoms with E-state index in [1.807, 2.05) is 18.2 Å². The number of carbonyl (C=O) groups is 1. The molecular formula is C20H32Cl2N2O3. The predicted molar refractivity (Wildman–Crippen MR) is 113 cm³/mol. The Morgan fingerprint density at radius 1 is 1.11 bits per heavy atom. The molecule has 27 heavy (non-hydrogen) atoms. The first kappa shape index (κ1) is 23.9. The summed E-state index contributed by atoms with van der Waals surface area (Å²) in [6, 6.07) is 7.52. The van der Waals surface area contributed by atoms with Crippen molar-refractivity contribution in [3.8, 4) is 5.75 Å². The van der Waals surface area contributed by atoms with Crippen LogP contribution in [0.5, 0.6) is 5.75 Å². The van der Waals surface area contributed by atoms with Crippen LogP contribution in [0.3, 0.4) is 0 Å². The molecule has 0 amide bonds. The van der Waals surface area contributed by atoms with E-state index in [1.54, 1.807) is 6.07 Å². The Balaban J connectivity index is 0.00000182. The summed E-state index contributed by atoms with van der Waals surface area (Å²) in [5.41, 5.74) is 0.677. The van der Waals surface area contributed by atoms with Gasteiger partial charge in [-0.2, -0.15) is 0 Å². The Hall–Kier alpha value is -1.17. The van der Waals surface area contributed by atoms with Crippen molar-refractivity contribution in [1.29, 1.82) is 0 Å². The largest absolute Gasteiger partial charge is 0.506 e. The van der Waals surface area contributed by atoms with Gasteiger partial charge in [-0.15, -0.1) is 24.8 Å². The number of carbonyl (C=O) groups excluding carboxylic acids is 1. The molecule has 1 aromatic carbocycles. The van der Waals surface area contributed by atoms with Gasteiger partial charge in [-0.25, -0.2) is 0 Å². The molecule has 0 radical (unpaired) electrons. The molecule has 2 fully saturated rings. The molecule has 2 heterocycles. The van der Waals surface area contributed by atoms with Crippen LogP contribution < -0.4 is 4.90 Å². The zero-order chi connectivity index (χ0) is 17.9. The van der Waals surface area contributed by atoms with Crippen LogP contribution in [0.15, 0.2) is 24.3 Å². The van der Waals surface area contributed by atoms with Crippen molar-refractivity contribution < 1.29 is 14.6 Å². The Morgan fingerprint density at radius 3 is 2.30 bits per heavy atom. The number of nitrogens with zero attached hydrogens (tertiary/aromatic N) is 2. The zero-order valence-corrected chi connectivity index (χ0v) is 17.9. The van der Waals surface area contributed by atoms with Crippen molar-refractivity contribution >= 4 is 36.5 Å². The maximum absolute atomic E-state index is 12.2. The molecule has 154 valence electrons. The summed E-state index contributed by atoms with van der Waals surface area (Å²) in [5, 5.41) is 9.99. The van der Waals surface area contributed by atoms with Gasteiger partial charge in [-0.3, -0.25) is 9.69 Å². The first-order valence-corrected chi connectivity index (χ1v) is 9.54. The second-order valence-electron chi connectivity index (χ2n) is 7.32. The molecule has 0 spiro atoms. The molecular weight excluding hydrogens is 387 g/mol. The first-order chi connectivity index (χ1) is 12.1. The van der Waals surface area contributed by atoms with Gasteiger partial charge in [0.2, 0.25) is 0 Å². The van der Waals surface area contributed by atoms with E-state index in [9.17, 15) is 9.90 Å². The Morgan fingerprint density at radius 2 is 1.74 bits per heavy atom. The summed E-state index contributed by atoms with van der Waals surface area (Å²) >= 11 is 0. The highest BCUT2D eigenvalue weighted by molar-refractivity contribution is 5.85. The van der Waals surface area contributed by atoms with Crippen LogP contribution in [0.2, 0.25) is 0 Å². The number of anilines is 1. The number of phenolic OH excluding ortho intramolecular Hbond substituents is 1. The predicted octanol–water partition coefficient (Wildman–Crippen LogP) is 3.87. The van der Waals surface area contributed by atoms with Crippen LogP contribution in [0.25, 0.3) is 0 Å². The van der Waals surface area contributed by atoms with Gasteiger partial charge in [0, 0.05) is 39.1 Å². The molecule has 0 aliphatic carbocycles. The molecule has 1 unspecified atom stereocenters. The van der Waals surface area contributed by atoms with E-state index in [0.717, 1.165) is 64.1 Å². The molecule has 2 aliphatic heterocycles. The zero-order valence-electron chi connectivity index (χ0n) is 16.2. The number of hydrogen-bond acceptors (Lipinski definition) is 5. The highest BCUT2D eigenvalue weighted by Crippen LogP contribution is 2.41. The second-order valence-corrected chi connectivity index (χ2v) is 7.32. The number of aromatic hydroxyl groups is 1. The van der Waals surface area contributed by atoms with Gasteiger partial charge in [-0.1, -0.05) is 26.0 Å². The van der Waals surface area contributed by atoms with E-state index in [4.69, 9.17) is 4.74 Å². The fraction of sp³-hybridized carbons (Fsp3) is 0.650. The fourth-order valence-corrected chi connectivity index (χ4v) is 4.10. The molecule has 1 atom stereocenters. The highest BCUT2D eigenvalue weighted by atomic mass is 35.5. The smallest absolute Gasteiger partial charge is 0.312 e. The van der Waals surface area contributed by atoms with Crippen LogP contribution in [0.4, 0.5) is 5.69 Å². The molecule has 0 saturated carbocycles. The van der Waals surface area contributed by atoms with Crippen LogP contribution in [-0.4, -0.2) is 54.8 Å². The molecule has 2 aliphatic rings. The topological polar surface area (TPSA) is 53.0 Å². The standard InChI is InChI=1S/C20H30N2O3.2ClH/c1-3-20(4-2)15-16(25-19(20)24)9-10-21-11-13-22(14-12-21)17-7-5-6-8-18(17)23;;/h5-8,16,23H,3-4,9-15H2,1-2H3;2*1H. The third-order valence-electron chi connectivity index (χ3n) is 6.04. The Labute approximate surface area is 174 Å². The van der Waals surface area contributed by atoms with Gasteiger partial charge in [0.1, 0.15) is 11.9 Å². The number of phenols is 1. The lowest BCUT2D eigenvalue weighted by atomic mass is 9.79. The van der Waals surface area contributed by atoms with Crippen LogP contribution in [0, 0.1) is 5.41 Å². The van der Waals surface area contributed by atoms with Crippen molar-refractivity contribution in [2.24, 2.45) is 5.41 Å². The molecule has 1 aromatic rings. The van der Waals surface area contributed by atoms with Gasteiger partial charge in [-0.05, 0) is 31.4 Å². The second kappa shape index (κ2) is 10.4. The van der Waals surface area contributed by atoms with Crippen LogP contribution in [0.1, 0.15) is 39.5 Å². The van der Waals surface area contributed by atoms with Gasteiger partial charge in [0.05, 0.1) is 11.1 Å². The van der Waals surface area contributed by atoms with Crippen LogP contribution >= 0.6 is 24.8 Å². The normalized spacial score (nSPS) is 21.9. The summed E-state index contributed by atoms with van der Waals surface area (Å²) in [7, 11) is 0. The maximum atomic E-state index is 12.2. The van der Waals surface area contributed by atoms with E-state index in [0.29, 0.717) is 5.75 Å². The quantitative estimate of drug-likeness (QED) is 0.710. The monoisotopic (exact) mass is 418 g/mol. The van der Waals surface area contributed by atoms with Gasteiger partial charge >= 0.3 is 5.97 Å². The first-order valence-electron chi connectivity index (χ1n) is 9.54. The summed E-state index contributed by atoms with van der Waals surface area (Å²) in [6.07, 6.45) is 3.61. The van der Waals surface area contributed by atoms with E-state index >= 15 is 0 Å². The number of para-hydroxylation sites is 2. The van der Waals surface area contributed by atoms with Crippen molar-refractivity contribution in [1.82, 2.24) is 4.90 Å². The highest BCUT2D eigenvalue weighted by Gasteiger charge is 2.46. The molecule has 3 rings (SSSR count). The number of hydrogen-bond donors (Lipinski definition) is 1. The number of rotatable bonds is 6. The average molecular weight is 419 g/mol. The summed E-state index contributed by atoms with van der Waals surface area (Å²) in [6.45, 7) is 8.92. The van der Waals surface area contributed by atoms with E-state index in [-0.39, 0.29) is 42.3 Å². The SMILES string of the molecule is CCC1(CC)CC(CCN2CCN(c3ccccc3O)CC2)OC1=O.Cl.Cl. The van der Waals surface area contributed by atoms with E-state index in [2.05, 4.69) is 23.6 Å². The van der Waals surface area contributed by atoms with E-state index in [1.165, 1.54) is 0 Å². The van der Waals surface area contributed by atoms with Gasteiger partial charge in [0.25, 0.3) is 0 Å².